The van der Waals surface area contributed by atoms with E-state index in [4.69, 9.17) is 13.9 Å². The van der Waals surface area contributed by atoms with Gasteiger partial charge in [-0.2, -0.15) is 0 Å². The molecule has 0 fully saturated rings. The fourth-order valence-electron chi connectivity index (χ4n) is 1.81. The fraction of sp³-hybridized carbons (Fsp3) is 0.188. The SMILES string of the molecule is COc1cccc(C=[O+]Cc2ccccc2)c1OC. The van der Waals surface area contributed by atoms with E-state index >= 15 is 0 Å². The number of rotatable bonds is 5. The Kier molecular flexibility index (Phi) is 4.56. The number of benzene rings is 2. The summed E-state index contributed by atoms with van der Waals surface area (Å²) in [6, 6.07) is 15.7. The van der Waals surface area contributed by atoms with Crippen LogP contribution >= 0.6 is 0 Å². The van der Waals surface area contributed by atoms with Crippen molar-refractivity contribution in [2.45, 2.75) is 6.61 Å². The van der Waals surface area contributed by atoms with Gasteiger partial charge in [-0.3, -0.25) is 4.42 Å². The van der Waals surface area contributed by atoms with Gasteiger partial charge in [0.1, 0.15) is 5.56 Å². The van der Waals surface area contributed by atoms with E-state index in [2.05, 4.69) is 0 Å². The molecule has 0 aliphatic carbocycles. The van der Waals surface area contributed by atoms with Gasteiger partial charge >= 0.3 is 6.29 Å². The first-order chi connectivity index (χ1) is 9.35. The van der Waals surface area contributed by atoms with Crippen molar-refractivity contribution in [2.75, 3.05) is 14.2 Å². The van der Waals surface area contributed by atoms with Crippen LogP contribution in [0, 0.1) is 0 Å². The Labute approximate surface area is 113 Å². The summed E-state index contributed by atoms with van der Waals surface area (Å²) in [6.45, 7) is 0.529. The summed E-state index contributed by atoms with van der Waals surface area (Å²) in [5.74, 6) is 1.37. The minimum atomic E-state index is 0.529. The molecule has 98 valence electrons. The normalized spacial score (nSPS) is 10.6. The molecular weight excluding hydrogens is 240 g/mol. The van der Waals surface area contributed by atoms with Gasteiger partial charge in [-0.1, -0.05) is 24.3 Å². The van der Waals surface area contributed by atoms with Crippen LogP contribution in [0.4, 0.5) is 0 Å². The molecule has 0 radical (unpaired) electrons. The second kappa shape index (κ2) is 6.59. The lowest BCUT2D eigenvalue weighted by atomic mass is 10.2. The number of ether oxygens (including phenoxy) is 2. The van der Waals surface area contributed by atoms with E-state index in [1.165, 1.54) is 0 Å². The first-order valence-electron chi connectivity index (χ1n) is 6.05. The molecule has 0 unspecified atom stereocenters. The second-order valence-corrected chi connectivity index (χ2v) is 4.00. The van der Waals surface area contributed by atoms with Gasteiger partial charge in [0, 0.05) is 5.56 Å². The quantitative estimate of drug-likeness (QED) is 0.608. The molecule has 0 amide bonds. The second-order valence-electron chi connectivity index (χ2n) is 4.00. The predicted molar refractivity (Wildman–Crippen MR) is 75.1 cm³/mol. The summed E-state index contributed by atoms with van der Waals surface area (Å²) < 4.78 is 16.2. The number of para-hydroxylation sites is 1. The molecule has 0 aromatic heterocycles. The minimum absolute atomic E-state index is 0.529. The molecule has 2 aromatic carbocycles. The van der Waals surface area contributed by atoms with Gasteiger partial charge < -0.3 is 9.47 Å². The molecule has 0 bridgehead atoms. The van der Waals surface area contributed by atoms with Gasteiger partial charge in [-0.05, 0) is 24.3 Å². The van der Waals surface area contributed by atoms with Crippen LogP contribution in [-0.4, -0.2) is 20.5 Å². The van der Waals surface area contributed by atoms with Crippen LogP contribution in [0.5, 0.6) is 11.5 Å². The average molecular weight is 257 g/mol. The highest BCUT2D eigenvalue weighted by atomic mass is 16.5. The van der Waals surface area contributed by atoms with Gasteiger partial charge in [-0.25, -0.2) is 0 Å². The zero-order chi connectivity index (χ0) is 13.5. The Morgan fingerprint density at radius 1 is 0.947 bits per heavy atom. The molecule has 3 heteroatoms. The molecule has 0 heterocycles. The lowest BCUT2D eigenvalue weighted by Crippen LogP contribution is -1.95. The first-order valence-corrected chi connectivity index (χ1v) is 6.05. The van der Waals surface area contributed by atoms with Crippen molar-refractivity contribution in [2.24, 2.45) is 0 Å². The third-order valence-electron chi connectivity index (χ3n) is 2.74. The topological polar surface area (TPSA) is 29.8 Å². The van der Waals surface area contributed by atoms with Crippen molar-refractivity contribution in [1.82, 2.24) is 0 Å². The number of hydrogen-bond acceptors (Lipinski definition) is 2. The average Bonchev–Trinajstić information content (AvgIpc) is 2.48. The lowest BCUT2D eigenvalue weighted by molar-refractivity contribution is -0.282. The van der Waals surface area contributed by atoms with Gasteiger partial charge in [0.15, 0.2) is 11.5 Å². The Balaban J connectivity index is 2.15. The van der Waals surface area contributed by atoms with E-state index in [1.807, 2.05) is 48.5 Å². The van der Waals surface area contributed by atoms with Crippen molar-refractivity contribution < 1.29 is 13.9 Å². The molecule has 3 nitrogen and oxygen atoms in total. The van der Waals surface area contributed by atoms with E-state index < -0.39 is 0 Å². The summed E-state index contributed by atoms with van der Waals surface area (Å²) >= 11 is 0. The van der Waals surface area contributed by atoms with Crippen molar-refractivity contribution in [3.8, 4) is 11.5 Å². The maximum Gasteiger partial charge on any atom is 0.320 e. The highest BCUT2D eigenvalue weighted by Crippen LogP contribution is 2.29. The molecule has 0 saturated carbocycles. The molecule has 0 N–H and O–H groups in total. The highest BCUT2D eigenvalue weighted by molar-refractivity contribution is 5.81. The highest BCUT2D eigenvalue weighted by Gasteiger charge is 2.11. The maximum absolute atomic E-state index is 5.59. The van der Waals surface area contributed by atoms with E-state index in [9.17, 15) is 0 Å². The van der Waals surface area contributed by atoms with Gasteiger partial charge in [0.25, 0.3) is 6.61 Å². The van der Waals surface area contributed by atoms with Crippen molar-refractivity contribution in [3.63, 3.8) is 0 Å². The van der Waals surface area contributed by atoms with E-state index in [0.717, 1.165) is 11.1 Å². The van der Waals surface area contributed by atoms with E-state index in [0.29, 0.717) is 18.1 Å². The number of aldehydes is 1. The predicted octanol–water partition coefficient (Wildman–Crippen LogP) is 3.25. The summed E-state index contributed by atoms with van der Waals surface area (Å²) in [4.78, 5) is 0. The van der Waals surface area contributed by atoms with Gasteiger partial charge in [0.05, 0.1) is 14.2 Å². The summed E-state index contributed by atoms with van der Waals surface area (Å²) in [5.41, 5.74) is 1.98. The summed E-state index contributed by atoms with van der Waals surface area (Å²) in [6.07, 6.45) is 1.69. The van der Waals surface area contributed by atoms with Crippen LogP contribution in [0.3, 0.4) is 0 Å². The molecule has 0 aliphatic rings. The number of methoxy groups -OCH3 is 2. The minimum Gasteiger partial charge on any atom is -0.493 e. The Hall–Kier alpha value is -2.29. The summed E-state index contributed by atoms with van der Waals surface area (Å²) in [5, 5.41) is 0. The molecule has 0 aliphatic heterocycles. The summed E-state index contributed by atoms with van der Waals surface area (Å²) in [7, 11) is 3.23. The number of hydrogen-bond donors (Lipinski definition) is 0. The lowest BCUT2D eigenvalue weighted by Gasteiger charge is -2.07. The molecule has 2 aromatic rings. The Bertz CT molecular complexity index is 547. The molecule has 0 spiro atoms. The first kappa shape index (κ1) is 13.1. The maximum atomic E-state index is 5.59. The van der Waals surface area contributed by atoms with Crippen LogP contribution in [0.15, 0.2) is 48.5 Å². The Morgan fingerprint density at radius 3 is 2.42 bits per heavy atom. The monoisotopic (exact) mass is 257 g/mol. The molecule has 0 saturated heterocycles. The zero-order valence-corrected chi connectivity index (χ0v) is 11.1. The van der Waals surface area contributed by atoms with Crippen molar-refractivity contribution >= 4 is 6.29 Å². The molecular formula is C16H17O3+. The molecule has 0 atom stereocenters. The zero-order valence-electron chi connectivity index (χ0n) is 11.1. The van der Waals surface area contributed by atoms with Gasteiger partial charge in [-0.15, -0.1) is 0 Å². The molecule has 19 heavy (non-hydrogen) atoms. The number of carbonyl (C=O) groups excluding carboxylic acids is 1. The largest absolute Gasteiger partial charge is 0.493 e. The third-order valence-corrected chi connectivity index (χ3v) is 2.74. The van der Waals surface area contributed by atoms with Crippen molar-refractivity contribution in [3.05, 3.63) is 59.7 Å². The van der Waals surface area contributed by atoms with Crippen LogP contribution in [-0.2, 0) is 6.61 Å². The fourth-order valence-corrected chi connectivity index (χ4v) is 1.81. The van der Waals surface area contributed by atoms with E-state index in [-0.39, 0.29) is 0 Å². The van der Waals surface area contributed by atoms with Crippen LogP contribution < -0.4 is 9.47 Å². The van der Waals surface area contributed by atoms with Crippen LogP contribution in [0.2, 0.25) is 0 Å². The third kappa shape index (κ3) is 3.35. The standard InChI is InChI=1S/C16H17O3/c1-17-15-10-6-9-14(16(15)18-2)12-19-11-13-7-4-3-5-8-13/h3-10,12H,11H2,1-2H3/q+1. The smallest absolute Gasteiger partial charge is 0.320 e. The van der Waals surface area contributed by atoms with Gasteiger partial charge in [0.2, 0.25) is 0 Å². The Morgan fingerprint density at radius 2 is 1.74 bits per heavy atom. The van der Waals surface area contributed by atoms with Crippen LogP contribution in [0.25, 0.3) is 0 Å². The van der Waals surface area contributed by atoms with E-state index in [1.54, 1.807) is 20.5 Å². The van der Waals surface area contributed by atoms with Crippen molar-refractivity contribution in [1.29, 1.82) is 0 Å². The van der Waals surface area contributed by atoms with Crippen LogP contribution in [0.1, 0.15) is 15.6 Å². The molecule has 2 rings (SSSR count).